The van der Waals surface area contributed by atoms with Crippen LogP contribution >= 0.6 is 0 Å². The maximum absolute atomic E-state index is 13.7. The van der Waals surface area contributed by atoms with E-state index in [1.54, 1.807) is 31.2 Å². The van der Waals surface area contributed by atoms with Gasteiger partial charge >= 0.3 is 0 Å². The molecule has 0 aliphatic rings. The number of hydrogen-bond donors (Lipinski definition) is 2. The molecule has 0 saturated heterocycles. The fourth-order valence-corrected chi connectivity index (χ4v) is 2.11. The Labute approximate surface area is 124 Å². The van der Waals surface area contributed by atoms with Crippen LogP contribution in [0.1, 0.15) is 28.4 Å². The molecule has 2 N–H and O–H groups in total. The second-order valence-electron chi connectivity index (χ2n) is 5.00. The molecule has 0 saturated carbocycles. The Morgan fingerprint density at radius 2 is 1.81 bits per heavy atom. The number of carbonyl (C=O) groups is 1. The zero-order chi connectivity index (χ0) is 15.4. The smallest absolute Gasteiger partial charge is 0.255 e. The Bertz CT molecular complexity index is 668. The number of halogens is 1. The molecule has 2 aromatic rings. The number of hydrogen-bond acceptors (Lipinski definition) is 2. The SMILES string of the molecule is CCNc1ccc(C(=O)Nc2ccc(C)cc2F)cc1C. The van der Waals surface area contributed by atoms with Gasteiger partial charge in [-0.15, -0.1) is 0 Å². The molecule has 0 atom stereocenters. The van der Waals surface area contributed by atoms with Crippen LogP contribution in [0.4, 0.5) is 15.8 Å². The van der Waals surface area contributed by atoms with E-state index in [9.17, 15) is 9.18 Å². The highest BCUT2D eigenvalue weighted by molar-refractivity contribution is 6.04. The molecule has 0 bridgehead atoms. The van der Waals surface area contributed by atoms with Crippen molar-refractivity contribution in [3.63, 3.8) is 0 Å². The van der Waals surface area contributed by atoms with Gasteiger partial charge in [0, 0.05) is 17.8 Å². The van der Waals surface area contributed by atoms with Gasteiger partial charge < -0.3 is 10.6 Å². The molecule has 110 valence electrons. The van der Waals surface area contributed by atoms with Crippen LogP contribution in [0.5, 0.6) is 0 Å². The van der Waals surface area contributed by atoms with Crippen molar-refractivity contribution in [1.82, 2.24) is 0 Å². The zero-order valence-electron chi connectivity index (χ0n) is 12.5. The van der Waals surface area contributed by atoms with Gasteiger partial charge in [0.25, 0.3) is 5.91 Å². The molecule has 0 unspecified atom stereocenters. The van der Waals surface area contributed by atoms with Gasteiger partial charge in [-0.1, -0.05) is 6.07 Å². The van der Waals surface area contributed by atoms with E-state index in [1.165, 1.54) is 6.07 Å². The highest BCUT2D eigenvalue weighted by atomic mass is 19.1. The first-order chi connectivity index (χ1) is 10.0. The predicted octanol–water partition coefficient (Wildman–Crippen LogP) is 4.13. The van der Waals surface area contributed by atoms with Crippen LogP contribution in [0, 0.1) is 19.7 Å². The second kappa shape index (κ2) is 6.39. The zero-order valence-corrected chi connectivity index (χ0v) is 12.5. The fraction of sp³-hybridized carbons (Fsp3) is 0.235. The van der Waals surface area contributed by atoms with E-state index in [0.29, 0.717) is 5.56 Å². The topological polar surface area (TPSA) is 41.1 Å². The maximum Gasteiger partial charge on any atom is 0.255 e. The van der Waals surface area contributed by atoms with Crippen LogP contribution in [0.2, 0.25) is 0 Å². The lowest BCUT2D eigenvalue weighted by Gasteiger charge is -2.10. The number of aryl methyl sites for hydroxylation is 2. The molecule has 1 amide bonds. The summed E-state index contributed by atoms with van der Waals surface area (Å²) in [5.74, 6) is -0.742. The number of benzene rings is 2. The summed E-state index contributed by atoms with van der Waals surface area (Å²) < 4.78 is 13.7. The number of nitrogens with one attached hydrogen (secondary N) is 2. The van der Waals surface area contributed by atoms with Crippen LogP contribution in [0.25, 0.3) is 0 Å². The van der Waals surface area contributed by atoms with Gasteiger partial charge in [-0.05, 0) is 62.2 Å². The van der Waals surface area contributed by atoms with Gasteiger partial charge in [0.15, 0.2) is 0 Å². The third-order valence-corrected chi connectivity index (χ3v) is 3.23. The van der Waals surface area contributed by atoms with Crippen molar-refractivity contribution in [1.29, 1.82) is 0 Å². The van der Waals surface area contributed by atoms with Crippen molar-refractivity contribution in [2.45, 2.75) is 20.8 Å². The van der Waals surface area contributed by atoms with E-state index < -0.39 is 5.82 Å². The molecule has 0 fully saturated rings. The molecule has 21 heavy (non-hydrogen) atoms. The first-order valence-corrected chi connectivity index (χ1v) is 6.93. The first kappa shape index (κ1) is 15.0. The van der Waals surface area contributed by atoms with E-state index in [1.807, 2.05) is 19.9 Å². The quantitative estimate of drug-likeness (QED) is 0.887. The molecule has 0 radical (unpaired) electrons. The number of amides is 1. The van der Waals surface area contributed by atoms with Gasteiger partial charge in [0.2, 0.25) is 0 Å². The third kappa shape index (κ3) is 3.60. The standard InChI is InChI=1S/C17H19FN2O/c1-4-19-15-8-6-13(10-12(15)3)17(21)20-16-7-5-11(2)9-14(16)18/h5-10,19H,4H2,1-3H3,(H,20,21). The summed E-state index contributed by atoms with van der Waals surface area (Å²) in [5, 5.41) is 5.81. The minimum Gasteiger partial charge on any atom is -0.385 e. The Morgan fingerprint density at radius 1 is 1.10 bits per heavy atom. The Kier molecular flexibility index (Phi) is 4.58. The van der Waals surface area contributed by atoms with Crippen LogP contribution in [-0.2, 0) is 0 Å². The van der Waals surface area contributed by atoms with Crippen LogP contribution < -0.4 is 10.6 Å². The second-order valence-corrected chi connectivity index (χ2v) is 5.00. The normalized spacial score (nSPS) is 10.3. The average Bonchev–Trinajstić information content (AvgIpc) is 2.44. The van der Waals surface area contributed by atoms with E-state index >= 15 is 0 Å². The minimum absolute atomic E-state index is 0.194. The van der Waals surface area contributed by atoms with Crippen molar-refractivity contribution in [3.8, 4) is 0 Å². The monoisotopic (exact) mass is 286 g/mol. The maximum atomic E-state index is 13.7. The summed E-state index contributed by atoms with van der Waals surface area (Å²) in [7, 11) is 0. The predicted molar refractivity (Wildman–Crippen MR) is 84.4 cm³/mol. The Hall–Kier alpha value is -2.36. The highest BCUT2D eigenvalue weighted by Gasteiger charge is 2.10. The lowest BCUT2D eigenvalue weighted by atomic mass is 10.1. The van der Waals surface area contributed by atoms with Crippen molar-refractivity contribution < 1.29 is 9.18 Å². The Balaban J connectivity index is 2.18. The van der Waals surface area contributed by atoms with E-state index in [-0.39, 0.29) is 11.6 Å². The summed E-state index contributed by atoms with van der Waals surface area (Å²) in [5.41, 5.74) is 3.49. The van der Waals surface area contributed by atoms with Crippen LogP contribution in [-0.4, -0.2) is 12.5 Å². The summed E-state index contributed by atoms with van der Waals surface area (Å²) >= 11 is 0. The van der Waals surface area contributed by atoms with Crippen molar-refractivity contribution in [2.75, 3.05) is 17.2 Å². The lowest BCUT2D eigenvalue weighted by Crippen LogP contribution is -2.13. The number of rotatable bonds is 4. The molecule has 4 heteroatoms. The van der Waals surface area contributed by atoms with Crippen LogP contribution in [0.15, 0.2) is 36.4 Å². The van der Waals surface area contributed by atoms with Gasteiger partial charge in [-0.3, -0.25) is 4.79 Å². The molecule has 0 spiro atoms. The Morgan fingerprint density at radius 3 is 2.43 bits per heavy atom. The molecule has 0 heterocycles. The first-order valence-electron chi connectivity index (χ1n) is 6.93. The van der Waals surface area contributed by atoms with Crippen molar-refractivity contribution in [2.24, 2.45) is 0 Å². The van der Waals surface area contributed by atoms with Crippen molar-refractivity contribution >= 4 is 17.3 Å². The molecule has 0 aromatic heterocycles. The molecular weight excluding hydrogens is 267 g/mol. The summed E-state index contributed by atoms with van der Waals surface area (Å²) in [4.78, 5) is 12.2. The molecule has 3 nitrogen and oxygen atoms in total. The van der Waals surface area contributed by atoms with E-state index in [4.69, 9.17) is 0 Å². The van der Waals surface area contributed by atoms with E-state index in [0.717, 1.165) is 23.4 Å². The highest BCUT2D eigenvalue weighted by Crippen LogP contribution is 2.19. The minimum atomic E-state index is -0.427. The number of carbonyl (C=O) groups excluding carboxylic acids is 1. The molecule has 2 rings (SSSR count). The number of anilines is 2. The average molecular weight is 286 g/mol. The fourth-order valence-electron chi connectivity index (χ4n) is 2.11. The molecular formula is C17H19FN2O. The van der Waals surface area contributed by atoms with Gasteiger partial charge in [-0.25, -0.2) is 4.39 Å². The molecule has 0 aliphatic heterocycles. The summed E-state index contributed by atoms with van der Waals surface area (Å²) in [6.07, 6.45) is 0. The van der Waals surface area contributed by atoms with Gasteiger partial charge in [-0.2, -0.15) is 0 Å². The molecule has 2 aromatic carbocycles. The van der Waals surface area contributed by atoms with E-state index in [2.05, 4.69) is 10.6 Å². The van der Waals surface area contributed by atoms with Crippen molar-refractivity contribution in [3.05, 3.63) is 58.9 Å². The van der Waals surface area contributed by atoms with Gasteiger partial charge in [0.05, 0.1) is 5.69 Å². The van der Waals surface area contributed by atoms with Gasteiger partial charge in [0.1, 0.15) is 5.82 Å². The largest absolute Gasteiger partial charge is 0.385 e. The lowest BCUT2D eigenvalue weighted by molar-refractivity contribution is 0.102. The van der Waals surface area contributed by atoms with Crippen LogP contribution in [0.3, 0.4) is 0 Å². The summed E-state index contributed by atoms with van der Waals surface area (Å²) in [6, 6.07) is 10.1. The molecule has 0 aliphatic carbocycles. The third-order valence-electron chi connectivity index (χ3n) is 3.23. The summed E-state index contributed by atoms with van der Waals surface area (Å²) in [6.45, 7) is 6.57.